The number of imide groups is 1. The van der Waals surface area contributed by atoms with E-state index in [2.05, 4.69) is 30.5 Å². The molecule has 2 bridgehead atoms. The number of hydrogen-bond donors (Lipinski definition) is 1. The average Bonchev–Trinajstić information content (AvgIpc) is 3.39. The van der Waals surface area contributed by atoms with E-state index in [9.17, 15) is 9.59 Å². The van der Waals surface area contributed by atoms with Crippen molar-refractivity contribution in [3.05, 3.63) is 42.0 Å². The maximum Gasteiger partial charge on any atom is 0.235 e. The third-order valence-corrected chi connectivity index (χ3v) is 6.58. The van der Waals surface area contributed by atoms with Crippen LogP contribution in [0.4, 0.5) is 5.69 Å². The lowest BCUT2D eigenvalue weighted by Gasteiger charge is -2.37. The Balaban J connectivity index is 1.37. The highest BCUT2D eigenvalue weighted by molar-refractivity contribution is 6.06. The zero-order chi connectivity index (χ0) is 16.4. The average molecular weight is 322 g/mol. The van der Waals surface area contributed by atoms with Crippen molar-refractivity contribution in [3.8, 4) is 0 Å². The van der Waals surface area contributed by atoms with E-state index < -0.39 is 0 Å². The molecule has 24 heavy (non-hydrogen) atoms. The molecule has 4 aliphatic carbocycles. The lowest BCUT2D eigenvalue weighted by Crippen LogP contribution is -2.40. The van der Waals surface area contributed by atoms with Gasteiger partial charge in [0.2, 0.25) is 11.8 Å². The highest BCUT2D eigenvalue weighted by Crippen LogP contribution is 2.65. The van der Waals surface area contributed by atoms with Crippen LogP contribution in [0.25, 0.3) is 0 Å². The first-order valence-corrected chi connectivity index (χ1v) is 9.06. The van der Waals surface area contributed by atoms with Crippen LogP contribution >= 0.6 is 0 Å². The molecule has 1 N–H and O–H groups in total. The third-order valence-electron chi connectivity index (χ3n) is 6.58. The van der Waals surface area contributed by atoms with Crippen molar-refractivity contribution in [3.63, 3.8) is 0 Å². The molecule has 2 amide bonds. The number of likely N-dealkylation sites (tertiary alicyclic amines) is 1. The maximum absolute atomic E-state index is 12.9. The fourth-order valence-corrected chi connectivity index (χ4v) is 5.34. The molecule has 1 aromatic rings. The lowest BCUT2D eigenvalue weighted by molar-refractivity contribution is -0.139. The van der Waals surface area contributed by atoms with Crippen LogP contribution in [0.2, 0.25) is 0 Å². The molecule has 6 atom stereocenters. The molecule has 4 heteroatoms. The topological polar surface area (TPSA) is 49.4 Å². The van der Waals surface area contributed by atoms with E-state index in [4.69, 9.17) is 0 Å². The van der Waals surface area contributed by atoms with Crippen LogP contribution in [-0.4, -0.2) is 23.4 Å². The number of benzene rings is 1. The zero-order valence-electron chi connectivity index (χ0n) is 13.8. The highest BCUT2D eigenvalue weighted by Gasteiger charge is 2.66. The van der Waals surface area contributed by atoms with Crippen molar-refractivity contribution in [1.82, 2.24) is 4.90 Å². The van der Waals surface area contributed by atoms with Gasteiger partial charge < -0.3 is 5.32 Å². The van der Waals surface area contributed by atoms with Gasteiger partial charge in [0.25, 0.3) is 0 Å². The maximum atomic E-state index is 12.9. The van der Waals surface area contributed by atoms with Crippen LogP contribution in [0.1, 0.15) is 18.9 Å². The van der Waals surface area contributed by atoms with Gasteiger partial charge in [-0.25, -0.2) is 0 Å². The summed E-state index contributed by atoms with van der Waals surface area (Å²) in [6, 6.07) is 8.08. The van der Waals surface area contributed by atoms with Gasteiger partial charge in [0.05, 0.1) is 18.5 Å². The number of rotatable bonds is 4. The molecular weight excluding hydrogens is 300 g/mol. The van der Waals surface area contributed by atoms with Crippen LogP contribution in [0.15, 0.2) is 36.4 Å². The molecule has 1 saturated heterocycles. The summed E-state index contributed by atoms with van der Waals surface area (Å²) in [7, 11) is 0. The molecule has 3 fully saturated rings. The van der Waals surface area contributed by atoms with Crippen molar-refractivity contribution in [1.29, 1.82) is 0 Å². The van der Waals surface area contributed by atoms with Gasteiger partial charge in [0, 0.05) is 5.69 Å². The quantitative estimate of drug-likeness (QED) is 0.685. The van der Waals surface area contributed by atoms with E-state index >= 15 is 0 Å². The van der Waals surface area contributed by atoms with Gasteiger partial charge in [-0.1, -0.05) is 37.3 Å². The Morgan fingerprint density at radius 1 is 1.04 bits per heavy atom. The van der Waals surface area contributed by atoms with Crippen molar-refractivity contribution < 1.29 is 9.59 Å². The standard InChI is InChI=1S/C20H22N2O2/c1-2-11-5-3-4-6-16(11)21-10-22-19(23)17-12-7-8-13(15-9-14(12)15)18(17)20(22)24/h3-8,12-15,17-18,21H,2,9-10H2,1H3/t12-,13-,14-,15+,17-,18+/m0/s1. The van der Waals surface area contributed by atoms with E-state index in [-0.39, 0.29) is 30.3 Å². The smallest absolute Gasteiger partial charge is 0.235 e. The first-order chi connectivity index (χ1) is 11.7. The Morgan fingerprint density at radius 3 is 2.29 bits per heavy atom. The summed E-state index contributed by atoms with van der Waals surface area (Å²) >= 11 is 0. The van der Waals surface area contributed by atoms with E-state index in [1.54, 1.807) is 0 Å². The van der Waals surface area contributed by atoms with E-state index in [0.717, 1.165) is 12.1 Å². The van der Waals surface area contributed by atoms with Crippen molar-refractivity contribution in [2.24, 2.45) is 35.5 Å². The minimum atomic E-state index is -0.0977. The molecule has 1 aliphatic heterocycles. The first kappa shape index (κ1) is 14.3. The van der Waals surface area contributed by atoms with Gasteiger partial charge in [-0.2, -0.15) is 0 Å². The van der Waals surface area contributed by atoms with Crippen LogP contribution in [-0.2, 0) is 16.0 Å². The minimum Gasteiger partial charge on any atom is -0.367 e. The summed E-state index contributed by atoms with van der Waals surface area (Å²) in [4.78, 5) is 27.3. The molecule has 0 spiro atoms. The van der Waals surface area contributed by atoms with Gasteiger partial charge in [-0.05, 0) is 48.1 Å². The van der Waals surface area contributed by atoms with Crippen molar-refractivity contribution in [2.45, 2.75) is 19.8 Å². The second-order valence-electron chi connectivity index (χ2n) is 7.60. The van der Waals surface area contributed by atoms with Crippen LogP contribution in [0.3, 0.4) is 0 Å². The Kier molecular flexibility index (Phi) is 2.94. The molecule has 0 unspecified atom stereocenters. The molecule has 6 rings (SSSR count). The monoisotopic (exact) mass is 322 g/mol. The predicted octanol–water partition coefficient (Wildman–Crippen LogP) is 2.67. The fourth-order valence-electron chi connectivity index (χ4n) is 5.34. The summed E-state index contributed by atoms with van der Waals surface area (Å²) in [5.41, 5.74) is 2.22. The van der Waals surface area contributed by atoms with Crippen LogP contribution in [0.5, 0.6) is 0 Å². The second-order valence-corrected chi connectivity index (χ2v) is 7.60. The van der Waals surface area contributed by atoms with E-state index in [1.165, 1.54) is 16.9 Å². The van der Waals surface area contributed by atoms with Crippen molar-refractivity contribution in [2.75, 3.05) is 12.0 Å². The van der Waals surface area contributed by atoms with E-state index in [0.29, 0.717) is 23.7 Å². The summed E-state index contributed by atoms with van der Waals surface area (Å²) in [6.07, 6.45) is 6.56. The first-order valence-electron chi connectivity index (χ1n) is 9.06. The predicted molar refractivity (Wildman–Crippen MR) is 90.9 cm³/mol. The summed E-state index contributed by atoms with van der Waals surface area (Å²) < 4.78 is 0. The highest BCUT2D eigenvalue weighted by atomic mass is 16.2. The summed E-state index contributed by atoms with van der Waals surface area (Å²) in [5.74, 6) is 1.80. The molecule has 0 aromatic heterocycles. The number of aryl methyl sites for hydroxylation is 1. The van der Waals surface area contributed by atoms with Gasteiger partial charge in [-0.3, -0.25) is 14.5 Å². The Labute approximate surface area is 141 Å². The second kappa shape index (κ2) is 4.95. The molecule has 124 valence electrons. The number of carbonyl (C=O) groups excluding carboxylic acids is 2. The van der Waals surface area contributed by atoms with Gasteiger partial charge in [-0.15, -0.1) is 0 Å². The fraction of sp³-hybridized carbons (Fsp3) is 0.500. The molecule has 5 aliphatic rings. The van der Waals surface area contributed by atoms with Gasteiger partial charge >= 0.3 is 0 Å². The third kappa shape index (κ3) is 1.80. The normalized spacial score (nSPS) is 38.3. The molecule has 0 radical (unpaired) electrons. The number of para-hydroxylation sites is 1. The van der Waals surface area contributed by atoms with Crippen LogP contribution in [0, 0.1) is 35.5 Å². The number of carbonyl (C=O) groups is 2. The Morgan fingerprint density at radius 2 is 1.67 bits per heavy atom. The molecule has 1 heterocycles. The number of allylic oxidation sites excluding steroid dienone is 2. The number of amides is 2. The summed E-state index contributed by atoms with van der Waals surface area (Å²) in [6.45, 7) is 2.40. The molecular formula is C20H22N2O2. The largest absolute Gasteiger partial charge is 0.367 e. The molecule has 1 aromatic carbocycles. The lowest BCUT2D eigenvalue weighted by atomic mass is 9.63. The van der Waals surface area contributed by atoms with E-state index in [1.807, 2.05) is 18.2 Å². The Bertz CT molecular complexity index is 720. The minimum absolute atomic E-state index is 0.0381. The van der Waals surface area contributed by atoms with Gasteiger partial charge in [0.1, 0.15) is 0 Å². The number of anilines is 1. The molecule has 4 nitrogen and oxygen atoms in total. The number of hydrogen-bond acceptors (Lipinski definition) is 3. The summed E-state index contributed by atoms with van der Waals surface area (Å²) in [5, 5.41) is 3.31. The molecule has 2 saturated carbocycles. The number of nitrogens with zero attached hydrogens (tertiary/aromatic N) is 1. The number of nitrogens with one attached hydrogen (secondary N) is 1. The zero-order valence-corrected chi connectivity index (χ0v) is 13.8. The van der Waals surface area contributed by atoms with Gasteiger partial charge in [0.15, 0.2) is 0 Å². The Hall–Kier alpha value is -2.10. The SMILES string of the molecule is CCc1ccccc1NCN1C(=O)[C@@H]2[C@H]3C=C[C@@H]([C@@H]4C[C@H]34)[C@@H]2C1=O. The van der Waals surface area contributed by atoms with Crippen molar-refractivity contribution >= 4 is 17.5 Å². The van der Waals surface area contributed by atoms with Crippen LogP contribution < -0.4 is 5.32 Å².